The summed E-state index contributed by atoms with van der Waals surface area (Å²) in [6.45, 7) is 4.36. The Morgan fingerprint density at radius 2 is 1.94 bits per heavy atom. The van der Waals surface area contributed by atoms with Crippen molar-refractivity contribution in [2.75, 3.05) is 6.54 Å². The Morgan fingerprint density at radius 1 is 1.25 bits per heavy atom. The van der Waals surface area contributed by atoms with Crippen LogP contribution in [-0.2, 0) is 0 Å². The van der Waals surface area contributed by atoms with Gasteiger partial charge in [0, 0.05) is 6.54 Å². The molecule has 0 atom stereocenters. The average Bonchev–Trinajstić information content (AvgIpc) is 2.44. The summed E-state index contributed by atoms with van der Waals surface area (Å²) in [7, 11) is 0. The van der Waals surface area contributed by atoms with Crippen molar-refractivity contribution in [3.63, 3.8) is 0 Å². The summed E-state index contributed by atoms with van der Waals surface area (Å²) in [5, 5.41) is 0.349. The molecule has 0 aliphatic carbocycles. The Kier molecular flexibility index (Phi) is 2.72. The number of rotatable bonds is 2. The molecule has 0 unspecified atom stereocenters. The lowest BCUT2D eigenvalue weighted by Gasteiger charge is -2.15. The van der Waals surface area contributed by atoms with E-state index in [0.29, 0.717) is 22.7 Å². The van der Waals surface area contributed by atoms with Crippen molar-refractivity contribution in [3.8, 4) is 0 Å². The quantitative estimate of drug-likeness (QED) is 0.742. The molecule has 1 aromatic carbocycles. The van der Waals surface area contributed by atoms with E-state index in [2.05, 4.69) is 0 Å². The van der Waals surface area contributed by atoms with Crippen molar-refractivity contribution in [1.82, 2.24) is 4.90 Å². The number of amides is 2. The summed E-state index contributed by atoms with van der Waals surface area (Å²) >= 11 is 5.93. The zero-order chi connectivity index (χ0) is 11.9. The van der Waals surface area contributed by atoms with Crippen LogP contribution in [0.4, 0.5) is 0 Å². The second-order valence-electron chi connectivity index (χ2n) is 4.28. The molecule has 3 nitrogen and oxygen atoms in total. The van der Waals surface area contributed by atoms with E-state index in [-0.39, 0.29) is 17.7 Å². The molecule has 1 aromatic rings. The number of hydrogen-bond donors (Lipinski definition) is 0. The van der Waals surface area contributed by atoms with Crippen molar-refractivity contribution >= 4 is 23.4 Å². The predicted molar refractivity (Wildman–Crippen MR) is 61.7 cm³/mol. The molecule has 1 heterocycles. The summed E-state index contributed by atoms with van der Waals surface area (Å²) in [6, 6.07) is 4.96. The van der Waals surface area contributed by atoms with Crippen LogP contribution in [0, 0.1) is 5.92 Å². The highest BCUT2D eigenvalue weighted by molar-refractivity contribution is 6.37. The molecular weight excluding hydrogens is 226 g/mol. The van der Waals surface area contributed by atoms with Gasteiger partial charge in [-0.2, -0.15) is 0 Å². The van der Waals surface area contributed by atoms with Gasteiger partial charge in [0.2, 0.25) is 0 Å². The van der Waals surface area contributed by atoms with Gasteiger partial charge in [-0.25, -0.2) is 0 Å². The Morgan fingerprint density at radius 3 is 2.50 bits per heavy atom. The largest absolute Gasteiger partial charge is 0.274 e. The van der Waals surface area contributed by atoms with E-state index in [1.54, 1.807) is 18.2 Å². The molecule has 0 N–H and O–H groups in total. The van der Waals surface area contributed by atoms with Gasteiger partial charge < -0.3 is 0 Å². The first-order valence-corrected chi connectivity index (χ1v) is 5.55. The Hall–Kier alpha value is -1.35. The van der Waals surface area contributed by atoms with Crippen molar-refractivity contribution in [2.24, 2.45) is 5.92 Å². The predicted octanol–water partition coefficient (Wildman–Crippen LogP) is 2.59. The highest BCUT2D eigenvalue weighted by Crippen LogP contribution is 2.29. The number of fused-ring (bicyclic) bond motifs is 1. The number of imide groups is 1. The number of nitrogens with zero attached hydrogens (tertiary/aromatic N) is 1. The first-order chi connectivity index (χ1) is 7.52. The van der Waals surface area contributed by atoms with Crippen LogP contribution in [0.3, 0.4) is 0 Å². The van der Waals surface area contributed by atoms with Crippen LogP contribution in [0.15, 0.2) is 18.2 Å². The van der Waals surface area contributed by atoms with Gasteiger partial charge in [-0.3, -0.25) is 14.5 Å². The molecule has 2 amide bonds. The molecular formula is C12H12ClNO2. The highest BCUT2D eigenvalue weighted by atomic mass is 35.5. The van der Waals surface area contributed by atoms with Crippen LogP contribution < -0.4 is 0 Å². The maximum absolute atomic E-state index is 12.0. The van der Waals surface area contributed by atoms with Crippen molar-refractivity contribution < 1.29 is 9.59 Å². The third-order valence-corrected chi connectivity index (χ3v) is 2.81. The first-order valence-electron chi connectivity index (χ1n) is 5.17. The molecule has 4 heteroatoms. The summed E-state index contributed by atoms with van der Waals surface area (Å²) in [5.74, 6) is -0.267. The van der Waals surface area contributed by atoms with Crippen LogP contribution in [0.1, 0.15) is 34.6 Å². The molecule has 0 saturated heterocycles. The van der Waals surface area contributed by atoms with Gasteiger partial charge >= 0.3 is 0 Å². The molecule has 0 radical (unpaired) electrons. The van der Waals surface area contributed by atoms with E-state index in [1.165, 1.54) is 4.90 Å². The van der Waals surface area contributed by atoms with Crippen molar-refractivity contribution in [3.05, 3.63) is 34.3 Å². The summed E-state index contributed by atoms with van der Waals surface area (Å²) in [5.41, 5.74) is 0.757. The maximum Gasteiger partial charge on any atom is 0.263 e. The summed E-state index contributed by atoms with van der Waals surface area (Å²) in [4.78, 5) is 25.2. The zero-order valence-electron chi connectivity index (χ0n) is 9.16. The molecule has 1 aliphatic heterocycles. The molecule has 1 aliphatic rings. The maximum atomic E-state index is 12.0. The van der Waals surface area contributed by atoms with Gasteiger partial charge in [-0.05, 0) is 18.1 Å². The van der Waals surface area contributed by atoms with Crippen molar-refractivity contribution in [2.45, 2.75) is 13.8 Å². The van der Waals surface area contributed by atoms with Crippen LogP contribution >= 0.6 is 11.6 Å². The van der Waals surface area contributed by atoms with Crippen LogP contribution in [0.5, 0.6) is 0 Å². The minimum atomic E-state index is -0.278. The average molecular weight is 238 g/mol. The van der Waals surface area contributed by atoms with E-state index >= 15 is 0 Å². The van der Waals surface area contributed by atoms with E-state index in [4.69, 9.17) is 11.6 Å². The first kappa shape index (κ1) is 11.1. The zero-order valence-corrected chi connectivity index (χ0v) is 9.91. The highest BCUT2D eigenvalue weighted by Gasteiger charge is 2.37. The van der Waals surface area contributed by atoms with Crippen LogP contribution in [-0.4, -0.2) is 23.3 Å². The third kappa shape index (κ3) is 1.61. The van der Waals surface area contributed by atoms with Crippen LogP contribution in [0.25, 0.3) is 0 Å². The standard InChI is InChI=1S/C12H12ClNO2/c1-7(2)6-14-11(15)8-4-3-5-9(13)10(8)12(14)16/h3-5,7H,6H2,1-2H3. The lowest BCUT2D eigenvalue weighted by molar-refractivity contribution is 0.0636. The lowest BCUT2D eigenvalue weighted by Crippen LogP contribution is -2.33. The Balaban J connectivity index is 2.45. The minimum Gasteiger partial charge on any atom is -0.274 e. The number of carbonyl (C=O) groups is 2. The fourth-order valence-corrected chi connectivity index (χ4v) is 2.08. The number of halogens is 1. The molecule has 84 valence electrons. The number of benzene rings is 1. The molecule has 16 heavy (non-hydrogen) atoms. The minimum absolute atomic E-state index is 0.240. The summed E-state index contributed by atoms with van der Waals surface area (Å²) < 4.78 is 0. The van der Waals surface area contributed by atoms with E-state index in [9.17, 15) is 9.59 Å². The van der Waals surface area contributed by atoms with E-state index < -0.39 is 0 Å². The molecule has 0 fully saturated rings. The monoisotopic (exact) mass is 237 g/mol. The van der Waals surface area contributed by atoms with Gasteiger partial charge in [0.25, 0.3) is 11.8 Å². The summed E-state index contributed by atoms with van der Waals surface area (Å²) in [6.07, 6.45) is 0. The van der Waals surface area contributed by atoms with E-state index in [1.807, 2.05) is 13.8 Å². The molecule has 0 spiro atoms. The third-order valence-electron chi connectivity index (χ3n) is 2.50. The second kappa shape index (κ2) is 3.91. The van der Waals surface area contributed by atoms with Crippen LogP contribution in [0.2, 0.25) is 5.02 Å². The van der Waals surface area contributed by atoms with Gasteiger partial charge in [0.05, 0.1) is 16.1 Å². The van der Waals surface area contributed by atoms with Gasteiger partial charge in [-0.15, -0.1) is 0 Å². The van der Waals surface area contributed by atoms with E-state index in [0.717, 1.165) is 0 Å². The fourth-order valence-electron chi connectivity index (χ4n) is 1.82. The number of hydrogen-bond acceptors (Lipinski definition) is 2. The Bertz CT molecular complexity index is 468. The molecule has 0 saturated carbocycles. The van der Waals surface area contributed by atoms with Gasteiger partial charge in [0.1, 0.15) is 0 Å². The SMILES string of the molecule is CC(C)CN1C(=O)c2cccc(Cl)c2C1=O. The number of carbonyl (C=O) groups excluding carboxylic acids is 2. The normalized spacial score (nSPS) is 14.9. The smallest absolute Gasteiger partial charge is 0.263 e. The fraction of sp³-hybridized carbons (Fsp3) is 0.333. The lowest BCUT2D eigenvalue weighted by atomic mass is 10.1. The molecule has 2 rings (SSSR count). The second-order valence-corrected chi connectivity index (χ2v) is 4.68. The van der Waals surface area contributed by atoms with Crippen molar-refractivity contribution in [1.29, 1.82) is 0 Å². The Labute approximate surface area is 99.0 Å². The molecule has 0 bridgehead atoms. The van der Waals surface area contributed by atoms with Gasteiger partial charge in [0.15, 0.2) is 0 Å². The topological polar surface area (TPSA) is 37.4 Å². The molecule has 0 aromatic heterocycles. The van der Waals surface area contributed by atoms with Gasteiger partial charge in [-0.1, -0.05) is 31.5 Å².